The summed E-state index contributed by atoms with van der Waals surface area (Å²) in [6.45, 7) is 1.52. The van der Waals surface area contributed by atoms with Crippen LogP contribution >= 0.6 is 23.2 Å². The number of nitrogens with zero attached hydrogens (tertiary/aromatic N) is 3. The summed E-state index contributed by atoms with van der Waals surface area (Å²) >= 11 is 12.3. The van der Waals surface area contributed by atoms with Gasteiger partial charge in [-0.15, -0.1) is 0 Å². The van der Waals surface area contributed by atoms with Crippen molar-refractivity contribution in [2.24, 2.45) is 0 Å². The zero-order valence-electron chi connectivity index (χ0n) is 13.3. The van der Waals surface area contributed by atoms with Crippen LogP contribution in [0.3, 0.4) is 0 Å². The highest BCUT2D eigenvalue weighted by molar-refractivity contribution is 6.36. The van der Waals surface area contributed by atoms with Crippen molar-refractivity contribution in [2.75, 3.05) is 13.7 Å². The molecule has 3 rings (SSSR count). The van der Waals surface area contributed by atoms with Crippen LogP contribution in [0.4, 0.5) is 0 Å². The molecule has 0 saturated carbocycles. The number of methoxy groups -OCH3 is 1. The number of hydrogen-bond donors (Lipinski definition) is 0. The summed E-state index contributed by atoms with van der Waals surface area (Å²) < 4.78 is 5.05. The second kappa shape index (κ2) is 7.47. The Kier molecular flexibility index (Phi) is 5.33. The Bertz CT molecular complexity index is 747. The number of amides is 1. The minimum atomic E-state index is -0.00313. The Morgan fingerprint density at radius 2 is 2.08 bits per heavy atom. The molecule has 1 aromatic heterocycles. The van der Waals surface area contributed by atoms with Crippen molar-refractivity contribution in [1.82, 2.24) is 14.9 Å². The molecule has 0 fully saturated rings. The summed E-state index contributed by atoms with van der Waals surface area (Å²) in [5, 5.41) is 1.03. The molecule has 1 aromatic carbocycles. The van der Waals surface area contributed by atoms with Crippen LogP contribution in [0.2, 0.25) is 10.0 Å². The van der Waals surface area contributed by atoms with E-state index in [0.717, 1.165) is 11.3 Å². The Morgan fingerprint density at radius 3 is 2.79 bits per heavy atom. The molecule has 1 aliphatic rings. The molecule has 0 atom stereocenters. The van der Waals surface area contributed by atoms with E-state index in [1.54, 1.807) is 36.4 Å². The highest BCUT2D eigenvalue weighted by Crippen LogP contribution is 2.26. The van der Waals surface area contributed by atoms with E-state index in [4.69, 9.17) is 27.9 Å². The molecule has 24 heavy (non-hydrogen) atoms. The van der Waals surface area contributed by atoms with Crippen molar-refractivity contribution >= 4 is 29.1 Å². The number of hydrogen-bond acceptors (Lipinski definition) is 4. The molecule has 0 spiro atoms. The minimum absolute atomic E-state index is 0.00313. The van der Waals surface area contributed by atoms with Gasteiger partial charge in [-0.25, -0.2) is 9.97 Å². The smallest absolute Gasteiger partial charge is 0.227 e. The van der Waals surface area contributed by atoms with Crippen molar-refractivity contribution < 1.29 is 9.53 Å². The zero-order valence-corrected chi connectivity index (χ0v) is 14.8. The predicted octanol–water partition coefficient (Wildman–Crippen LogP) is 3.06. The molecule has 2 heterocycles. The molecular formula is C17H17Cl2N3O2. The van der Waals surface area contributed by atoms with E-state index < -0.39 is 0 Å². The van der Waals surface area contributed by atoms with Crippen molar-refractivity contribution in [3.8, 4) is 0 Å². The minimum Gasteiger partial charge on any atom is -0.377 e. The van der Waals surface area contributed by atoms with Gasteiger partial charge in [0.15, 0.2) is 5.82 Å². The van der Waals surface area contributed by atoms with Crippen LogP contribution in [0, 0.1) is 0 Å². The number of carbonyl (C=O) groups is 1. The van der Waals surface area contributed by atoms with Gasteiger partial charge in [0.05, 0.1) is 12.1 Å². The van der Waals surface area contributed by atoms with Crippen LogP contribution in [0.25, 0.3) is 0 Å². The van der Waals surface area contributed by atoms with Crippen LogP contribution < -0.4 is 0 Å². The number of fused-ring (bicyclic) bond motifs is 1. The SMILES string of the molecule is COCc1ncc2c(n1)CCN(C(=O)Cc1c(Cl)cccc1Cl)C2. The third-order valence-electron chi connectivity index (χ3n) is 4.00. The molecule has 0 aliphatic carbocycles. The first kappa shape index (κ1) is 17.1. The molecule has 126 valence electrons. The van der Waals surface area contributed by atoms with E-state index in [9.17, 15) is 4.79 Å². The second-order valence-electron chi connectivity index (χ2n) is 5.63. The van der Waals surface area contributed by atoms with Gasteiger partial charge < -0.3 is 9.64 Å². The molecule has 0 saturated heterocycles. The first-order valence-corrected chi connectivity index (χ1v) is 8.37. The number of halogens is 2. The lowest BCUT2D eigenvalue weighted by Gasteiger charge is -2.28. The van der Waals surface area contributed by atoms with Gasteiger partial charge in [-0.3, -0.25) is 4.79 Å². The number of benzene rings is 1. The number of ether oxygens (including phenoxy) is 1. The van der Waals surface area contributed by atoms with Gasteiger partial charge in [0.2, 0.25) is 5.91 Å². The fraction of sp³-hybridized carbons (Fsp3) is 0.353. The van der Waals surface area contributed by atoms with Gasteiger partial charge >= 0.3 is 0 Å². The Labute approximate surface area is 150 Å². The fourth-order valence-electron chi connectivity index (χ4n) is 2.73. The Morgan fingerprint density at radius 1 is 1.33 bits per heavy atom. The topological polar surface area (TPSA) is 55.3 Å². The molecule has 0 bridgehead atoms. The summed E-state index contributed by atoms with van der Waals surface area (Å²) in [7, 11) is 1.61. The van der Waals surface area contributed by atoms with Crippen LogP contribution in [-0.4, -0.2) is 34.4 Å². The molecule has 0 unspecified atom stereocenters. The highest BCUT2D eigenvalue weighted by atomic mass is 35.5. The van der Waals surface area contributed by atoms with Gasteiger partial charge in [0.1, 0.15) is 6.61 Å². The van der Waals surface area contributed by atoms with Crippen molar-refractivity contribution in [1.29, 1.82) is 0 Å². The summed E-state index contributed by atoms with van der Waals surface area (Å²) in [5.74, 6) is 0.662. The van der Waals surface area contributed by atoms with Crippen molar-refractivity contribution in [3.63, 3.8) is 0 Å². The molecule has 0 radical (unpaired) electrons. The third kappa shape index (κ3) is 3.69. The molecule has 1 amide bonds. The monoisotopic (exact) mass is 365 g/mol. The van der Waals surface area contributed by atoms with E-state index in [2.05, 4.69) is 9.97 Å². The van der Waals surface area contributed by atoms with Crippen LogP contribution in [0.1, 0.15) is 22.6 Å². The largest absolute Gasteiger partial charge is 0.377 e. The first-order chi connectivity index (χ1) is 11.6. The van der Waals surface area contributed by atoms with Gasteiger partial charge in [-0.1, -0.05) is 29.3 Å². The van der Waals surface area contributed by atoms with E-state index in [1.807, 2.05) is 0 Å². The fourth-order valence-corrected chi connectivity index (χ4v) is 3.26. The first-order valence-electron chi connectivity index (χ1n) is 7.61. The standard InChI is InChI=1S/C17H17Cl2N3O2/c1-24-10-16-20-8-11-9-22(6-5-15(11)21-16)17(23)7-12-13(18)3-2-4-14(12)19/h2-4,8H,5-7,9-10H2,1H3. The second-order valence-corrected chi connectivity index (χ2v) is 6.45. The van der Waals surface area contributed by atoms with E-state index in [-0.39, 0.29) is 12.3 Å². The lowest BCUT2D eigenvalue weighted by Crippen LogP contribution is -2.37. The predicted molar refractivity (Wildman–Crippen MR) is 92.0 cm³/mol. The molecule has 2 aromatic rings. The maximum Gasteiger partial charge on any atom is 0.227 e. The highest BCUT2D eigenvalue weighted by Gasteiger charge is 2.23. The average Bonchev–Trinajstić information content (AvgIpc) is 2.58. The van der Waals surface area contributed by atoms with Gasteiger partial charge in [-0.05, 0) is 17.7 Å². The third-order valence-corrected chi connectivity index (χ3v) is 4.71. The van der Waals surface area contributed by atoms with Crippen molar-refractivity contribution in [3.05, 3.63) is 57.1 Å². The van der Waals surface area contributed by atoms with Crippen molar-refractivity contribution in [2.45, 2.75) is 26.0 Å². The number of carbonyl (C=O) groups excluding carboxylic acids is 1. The Hall–Kier alpha value is -1.69. The van der Waals surface area contributed by atoms with Crippen LogP contribution in [0.15, 0.2) is 24.4 Å². The molecule has 0 N–H and O–H groups in total. The van der Waals surface area contributed by atoms with E-state index in [0.29, 0.717) is 47.6 Å². The maximum absolute atomic E-state index is 12.6. The Balaban J connectivity index is 1.72. The lowest BCUT2D eigenvalue weighted by molar-refractivity contribution is -0.131. The molecule has 7 heteroatoms. The quantitative estimate of drug-likeness (QED) is 0.835. The molecule has 1 aliphatic heterocycles. The molecular weight excluding hydrogens is 349 g/mol. The van der Waals surface area contributed by atoms with E-state index in [1.165, 1.54) is 0 Å². The number of aromatic nitrogens is 2. The van der Waals surface area contributed by atoms with E-state index >= 15 is 0 Å². The number of rotatable bonds is 4. The van der Waals surface area contributed by atoms with Gasteiger partial charge in [-0.2, -0.15) is 0 Å². The average molecular weight is 366 g/mol. The maximum atomic E-state index is 12.6. The lowest BCUT2D eigenvalue weighted by atomic mass is 10.1. The summed E-state index contributed by atoms with van der Waals surface area (Å²) in [5.41, 5.74) is 2.62. The normalized spacial score (nSPS) is 13.7. The summed E-state index contributed by atoms with van der Waals surface area (Å²) in [6, 6.07) is 5.25. The van der Waals surface area contributed by atoms with Gasteiger partial charge in [0, 0.05) is 48.4 Å². The van der Waals surface area contributed by atoms with Crippen LogP contribution in [-0.2, 0) is 35.5 Å². The van der Waals surface area contributed by atoms with Crippen LogP contribution in [0.5, 0.6) is 0 Å². The zero-order chi connectivity index (χ0) is 17.1. The van der Waals surface area contributed by atoms with Gasteiger partial charge in [0.25, 0.3) is 0 Å². The molecule has 5 nitrogen and oxygen atoms in total. The summed E-state index contributed by atoms with van der Waals surface area (Å²) in [4.78, 5) is 23.2. The summed E-state index contributed by atoms with van der Waals surface area (Å²) in [6.07, 6.45) is 2.67.